The average molecular weight is 786 g/mol. The van der Waals surface area contributed by atoms with Gasteiger partial charge in [0, 0.05) is 64.5 Å². The first-order chi connectivity index (χ1) is 25.8. The van der Waals surface area contributed by atoms with Crippen LogP contribution in [-0.4, -0.2) is 207 Å². The number of sulfonamides is 1. The maximum Gasteiger partial charge on any atom is 0.317 e. The molecule has 1 aromatic heterocycles. The molecule has 302 valence electrons. The van der Waals surface area contributed by atoms with Gasteiger partial charge in [-0.05, 0) is 12.1 Å². The lowest BCUT2D eigenvalue weighted by Crippen LogP contribution is -2.50. The number of carbonyl (C=O) groups is 4. The normalized spacial score (nSPS) is 16.0. The van der Waals surface area contributed by atoms with Gasteiger partial charge in [0.15, 0.2) is 0 Å². The van der Waals surface area contributed by atoms with Crippen LogP contribution in [0.15, 0.2) is 35.4 Å². The Kier molecular flexibility index (Phi) is 19.4. The van der Waals surface area contributed by atoms with Crippen molar-refractivity contribution >= 4 is 33.8 Å². The Bertz CT molecular complexity index is 1550. The molecule has 1 aliphatic rings. The molecule has 0 atom stereocenters. The highest BCUT2D eigenvalue weighted by Gasteiger charge is 2.21. The van der Waals surface area contributed by atoms with Crippen LogP contribution in [0.2, 0.25) is 0 Å². The van der Waals surface area contributed by atoms with Crippen LogP contribution >= 0.6 is 0 Å². The molecule has 2 aromatic rings. The van der Waals surface area contributed by atoms with Gasteiger partial charge in [-0.1, -0.05) is 17.3 Å². The summed E-state index contributed by atoms with van der Waals surface area (Å²) in [6, 6.07) is 6.03. The lowest BCUT2D eigenvalue weighted by Gasteiger charge is -2.32. The predicted octanol–water partition coefficient (Wildman–Crippen LogP) is -2.77. The lowest BCUT2D eigenvalue weighted by molar-refractivity contribution is -0.140. The zero-order valence-corrected chi connectivity index (χ0v) is 31.0. The summed E-state index contributed by atoms with van der Waals surface area (Å²) in [6.07, 6.45) is 1.72. The molecule has 1 aliphatic heterocycles. The number of aliphatic carboxylic acids is 3. The SMILES string of the molecule is NS(=O)(=O)c1ccc(-c2cn(CCOCCOCCOCCNC(=O)CN3CCN(CC(=O)O)CCN(CC(=O)O)CCN(CC(=O)O)CC3)nn2)cc1. The van der Waals surface area contributed by atoms with E-state index in [1.165, 1.54) is 12.1 Å². The molecule has 2 heterocycles. The first-order valence-corrected chi connectivity index (χ1v) is 18.9. The summed E-state index contributed by atoms with van der Waals surface area (Å²) in [7, 11) is -3.77. The van der Waals surface area contributed by atoms with E-state index in [1.807, 2.05) is 4.90 Å². The molecule has 1 aromatic carbocycles. The van der Waals surface area contributed by atoms with Crippen molar-refractivity contribution < 1.29 is 57.1 Å². The number of carboxylic acids is 3. The highest BCUT2D eigenvalue weighted by molar-refractivity contribution is 7.89. The molecule has 22 heteroatoms. The Morgan fingerprint density at radius 2 is 1.09 bits per heavy atom. The predicted molar refractivity (Wildman–Crippen MR) is 191 cm³/mol. The maximum atomic E-state index is 12.8. The zero-order chi connectivity index (χ0) is 39.3. The minimum Gasteiger partial charge on any atom is -0.480 e. The van der Waals surface area contributed by atoms with Crippen LogP contribution in [0.25, 0.3) is 11.3 Å². The van der Waals surface area contributed by atoms with Crippen molar-refractivity contribution in [3.63, 3.8) is 0 Å². The summed E-state index contributed by atoms with van der Waals surface area (Å²) in [4.78, 5) is 53.9. The molecule has 0 bridgehead atoms. The molecule has 3 rings (SSSR count). The molecule has 0 unspecified atom stereocenters. The van der Waals surface area contributed by atoms with Crippen molar-refractivity contribution in [2.24, 2.45) is 5.14 Å². The quantitative estimate of drug-likeness (QED) is 0.0756. The van der Waals surface area contributed by atoms with Gasteiger partial charge in [0.1, 0.15) is 5.69 Å². The molecule has 6 N–H and O–H groups in total. The van der Waals surface area contributed by atoms with Gasteiger partial charge < -0.3 is 34.8 Å². The molecule has 1 amide bonds. The number of carboxylic acid groups (broad SMARTS) is 3. The van der Waals surface area contributed by atoms with E-state index in [1.54, 1.807) is 37.7 Å². The van der Waals surface area contributed by atoms with Gasteiger partial charge in [0.25, 0.3) is 0 Å². The van der Waals surface area contributed by atoms with Crippen LogP contribution in [-0.2, 0) is 50.0 Å². The molecule has 0 saturated carbocycles. The fourth-order valence-electron chi connectivity index (χ4n) is 5.36. The number of aromatic nitrogens is 3. The minimum atomic E-state index is -3.77. The van der Waals surface area contributed by atoms with Gasteiger partial charge in [0.05, 0.1) is 83.5 Å². The monoisotopic (exact) mass is 785 g/mol. The maximum absolute atomic E-state index is 12.8. The Hall–Kier alpha value is -4.13. The summed E-state index contributed by atoms with van der Waals surface area (Å²) in [5.74, 6) is -3.33. The molecule has 1 fully saturated rings. The van der Waals surface area contributed by atoms with Gasteiger partial charge >= 0.3 is 17.9 Å². The van der Waals surface area contributed by atoms with E-state index in [4.69, 9.17) is 19.3 Å². The highest BCUT2D eigenvalue weighted by atomic mass is 32.2. The number of nitrogens with two attached hydrogens (primary N) is 1. The second-order valence-electron chi connectivity index (χ2n) is 12.4. The Morgan fingerprint density at radius 3 is 1.54 bits per heavy atom. The third-order valence-electron chi connectivity index (χ3n) is 8.17. The van der Waals surface area contributed by atoms with Crippen LogP contribution in [0.1, 0.15) is 0 Å². The number of nitrogens with one attached hydrogen (secondary N) is 1. The van der Waals surface area contributed by atoms with E-state index in [-0.39, 0.29) is 50.1 Å². The fourth-order valence-corrected chi connectivity index (χ4v) is 5.88. The van der Waals surface area contributed by atoms with E-state index < -0.39 is 27.9 Å². The van der Waals surface area contributed by atoms with Crippen molar-refractivity contribution in [1.82, 2.24) is 39.9 Å². The molecular formula is C32H51N9O12S. The molecular weight excluding hydrogens is 734 g/mol. The van der Waals surface area contributed by atoms with E-state index in [2.05, 4.69) is 15.6 Å². The van der Waals surface area contributed by atoms with E-state index in [9.17, 15) is 42.9 Å². The van der Waals surface area contributed by atoms with Crippen molar-refractivity contribution in [3.05, 3.63) is 30.5 Å². The summed E-state index contributed by atoms with van der Waals surface area (Å²) < 4.78 is 41.1. The zero-order valence-electron chi connectivity index (χ0n) is 30.2. The molecule has 54 heavy (non-hydrogen) atoms. The molecule has 0 spiro atoms. The summed E-state index contributed by atoms with van der Waals surface area (Å²) in [5.41, 5.74) is 1.28. The first-order valence-electron chi connectivity index (χ1n) is 17.4. The van der Waals surface area contributed by atoms with Crippen LogP contribution in [0.3, 0.4) is 0 Å². The smallest absolute Gasteiger partial charge is 0.317 e. The number of carbonyl (C=O) groups excluding carboxylic acids is 1. The van der Waals surface area contributed by atoms with Gasteiger partial charge in [-0.3, -0.25) is 38.8 Å². The standard InChI is InChI=1S/C32H51N9O12S/c33-54(49,50)27-3-1-26(2-4-27)28-21-41(36-35-28)14-16-52-18-20-53-19-17-51-15-5-34-29(42)22-37-6-8-38(23-30(43)44)10-12-40(25-32(47)48)13-11-39(9-7-37)24-31(45)46/h1-4,21H,5-20,22-25H2,(H,34,42)(H,43,44)(H,45,46)(H,47,48)(H2,33,49,50). The van der Waals surface area contributed by atoms with Crippen molar-refractivity contribution in [2.75, 3.05) is 125 Å². The van der Waals surface area contributed by atoms with Gasteiger partial charge in [0.2, 0.25) is 15.9 Å². The number of rotatable bonds is 22. The van der Waals surface area contributed by atoms with Crippen LogP contribution < -0.4 is 10.5 Å². The number of nitrogens with zero attached hydrogens (tertiary/aromatic N) is 7. The Labute approximate surface area is 313 Å². The number of amides is 1. The minimum absolute atomic E-state index is 0.0141. The van der Waals surface area contributed by atoms with Crippen molar-refractivity contribution in [1.29, 1.82) is 0 Å². The van der Waals surface area contributed by atoms with Crippen LogP contribution in [0.5, 0.6) is 0 Å². The third kappa shape index (κ3) is 18.3. The lowest BCUT2D eigenvalue weighted by atomic mass is 10.2. The highest BCUT2D eigenvalue weighted by Crippen LogP contribution is 2.18. The second kappa shape index (κ2) is 23.6. The largest absolute Gasteiger partial charge is 0.480 e. The van der Waals surface area contributed by atoms with E-state index in [0.717, 1.165) is 0 Å². The number of ether oxygens (including phenoxy) is 3. The van der Waals surface area contributed by atoms with Gasteiger partial charge in [-0.25, -0.2) is 18.2 Å². The number of hydrogen-bond donors (Lipinski definition) is 5. The summed E-state index contributed by atoms with van der Waals surface area (Å²) >= 11 is 0. The Morgan fingerprint density at radius 1 is 0.667 bits per heavy atom. The fraction of sp³-hybridized carbons (Fsp3) is 0.625. The summed E-state index contributed by atoms with van der Waals surface area (Å²) in [5, 5.41) is 44.1. The topological polar surface area (TPSA) is 273 Å². The number of hydrogen-bond acceptors (Lipinski definition) is 15. The second-order valence-corrected chi connectivity index (χ2v) is 14.0. The van der Waals surface area contributed by atoms with Gasteiger partial charge in [-0.15, -0.1) is 5.10 Å². The van der Waals surface area contributed by atoms with Crippen molar-refractivity contribution in [3.8, 4) is 11.3 Å². The third-order valence-corrected chi connectivity index (χ3v) is 9.10. The molecule has 1 saturated heterocycles. The first kappa shape index (κ1) is 44.3. The van der Waals surface area contributed by atoms with Crippen LogP contribution in [0.4, 0.5) is 0 Å². The molecule has 0 aliphatic carbocycles. The van der Waals surface area contributed by atoms with Gasteiger partial charge in [-0.2, -0.15) is 0 Å². The average Bonchev–Trinajstić information content (AvgIpc) is 3.58. The number of primary sulfonamides is 1. The molecule has 0 radical (unpaired) electrons. The Balaban J connectivity index is 1.29. The number of benzene rings is 1. The summed E-state index contributed by atoms with van der Waals surface area (Å²) in [6.45, 7) is 4.50. The van der Waals surface area contributed by atoms with E-state index >= 15 is 0 Å². The molecule has 21 nitrogen and oxygen atoms in total. The van der Waals surface area contributed by atoms with E-state index in [0.29, 0.717) is 103 Å². The van der Waals surface area contributed by atoms with Crippen molar-refractivity contribution in [2.45, 2.75) is 11.4 Å². The van der Waals surface area contributed by atoms with Crippen LogP contribution in [0, 0.1) is 0 Å².